The van der Waals surface area contributed by atoms with Gasteiger partial charge in [-0.25, -0.2) is 4.98 Å². The lowest BCUT2D eigenvalue weighted by Crippen LogP contribution is -2.27. The van der Waals surface area contributed by atoms with Crippen molar-refractivity contribution in [2.45, 2.75) is 11.4 Å². The fourth-order valence-corrected chi connectivity index (χ4v) is 2.57. The van der Waals surface area contributed by atoms with Crippen LogP contribution in [-0.2, 0) is 11.2 Å². The standard InChI is InChI=1S/C15H15ClN2OS/c16-13-5-3-4-12(10-13)7-9-17-14(19)11-20-15-6-1-2-8-18-15/h1-6,8,10H,7,9,11H2,(H,17,19). The molecular formula is C15H15ClN2OS. The number of carbonyl (C=O) groups is 1. The predicted molar refractivity (Wildman–Crippen MR) is 83.1 cm³/mol. The lowest BCUT2D eigenvalue weighted by Gasteiger charge is -2.05. The van der Waals surface area contributed by atoms with Gasteiger partial charge in [0, 0.05) is 17.8 Å². The SMILES string of the molecule is O=C(CSc1ccccn1)NCCc1cccc(Cl)c1. The second kappa shape index (κ2) is 7.92. The van der Waals surface area contributed by atoms with Gasteiger partial charge in [0.25, 0.3) is 0 Å². The van der Waals surface area contributed by atoms with Gasteiger partial charge in [0.1, 0.15) is 0 Å². The van der Waals surface area contributed by atoms with Crippen LogP contribution in [0.15, 0.2) is 53.7 Å². The monoisotopic (exact) mass is 306 g/mol. The van der Waals surface area contributed by atoms with Gasteiger partial charge >= 0.3 is 0 Å². The van der Waals surface area contributed by atoms with Crippen molar-refractivity contribution in [1.29, 1.82) is 0 Å². The zero-order valence-electron chi connectivity index (χ0n) is 10.9. The maximum Gasteiger partial charge on any atom is 0.230 e. The summed E-state index contributed by atoms with van der Waals surface area (Å²) in [5.41, 5.74) is 1.12. The molecule has 1 N–H and O–H groups in total. The quantitative estimate of drug-likeness (QED) is 0.833. The number of aromatic nitrogens is 1. The smallest absolute Gasteiger partial charge is 0.230 e. The van der Waals surface area contributed by atoms with Crippen molar-refractivity contribution in [1.82, 2.24) is 10.3 Å². The molecule has 0 saturated carbocycles. The molecule has 0 unspecified atom stereocenters. The summed E-state index contributed by atoms with van der Waals surface area (Å²) >= 11 is 7.34. The van der Waals surface area contributed by atoms with Gasteiger partial charge in [0.15, 0.2) is 0 Å². The van der Waals surface area contributed by atoms with Crippen LogP contribution in [0.5, 0.6) is 0 Å². The van der Waals surface area contributed by atoms with Crippen LogP contribution in [0.1, 0.15) is 5.56 Å². The minimum Gasteiger partial charge on any atom is -0.355 e. The number of rotatable bonds is 6. The van der Waals surface area contributed by atoms with Crippen molar-refractivity contribution in [3.05, 3.63) is 59.2 Å². The number of pyridine rings is 1. The van der Waals surface area contributed by atoms with E-state index in [2.05, 4.69) is 10.3 Å². The topological polar surface area (TPSA) is 42.0 Å². The van der Waals surface area contributed by atoms with Crippen LogP contribution in [-0.4, -0.2) is 23.2 Å². The number of thioether (sulfide) groups is 1. The van der Waals surface area contributed by atoms with Gasteiger partial charge in [0.2, 0.25) is 5.91 Å². The number of benzene rings is 1. The second-order valence-electron chi connectivity index (χ2n) is 4.19. The first kappa shape index (κ1) is 14.9. The third-order valence-corrected chi connectivity index (χ3v) is 3.79. The van der Waals surface area contributed by atoms with Crippen molar-refractivity contribution in [3.8, 4) is 0 Å². The van der Waals surface area contributed by atoms with E-state index in [1.165, 1.54) is 11.8 Å². The van der Waals surface area contributed by atoms with Crippen LogP contribution >= 0.6 is 23.4 Å². The molecule has 3 nitrogen and oxygen atoms in total. The molecule has 0 spiro atoms. The molecule has 0 atom stereocenters. The van der Waals surface area contributed by atoms with Gasteiger partial charge < -0.3 is 5.32 Å². The maximum absolute atomic E-state index is 11.7. The first-order chi connectivity index (χ1) is 9.74. The van der Waals surface area contributed by atoms with Gasteiger partial charge in [-0.15, -0.1) is 0 Å². The van der Waals surface area contributed by atoms with E-state index in [0.717, 1.165) is 22.0 Å². The number of amides is 1. The fraction of sp³-hybridized carbons (Fsp3) is 0.200. The summed E-state index contributed by atoms with van der Waals surface area (Å²) in [5, 5.41) is 4.47. The number of halogens is 1. The van der Waals surface area contributed by atoms with Crippen LogP contribution in [0.3, 0.4) is 0 Å². The van der Waals surface area contributed by atoms with E-state index >= 15 is 0 Å². The highest BCUT2D eigenvalue weighted by Gasteiger charge is 2.03. The molecule has 1 aromatic carbocycles. The first-order valence-electron chi connectivity index (χ1n) is 6.29. The Morgan fingerprint density at radius 1 is 1.25 bits per heavy atom. The highest BCUT2D eigenvalue weighted by Crippen LogP contribution is 2.13. The Morgan fingerprint density at radius 2 is 2.15 bits per heavy atom. The molecule has 5 heteroatoms. The van der Waals surface area contributed by atoms with Crippen molar-refractivity contribution in [2.24, 2.45) is 0 Å². The Hall–Kier alpha value is -1.52. The molecular weight excluding hydrogens is 292 g/mol. The van der Waals surface area contributed by atoms with Gasteiger partial charge in [-0.05, 0) is 36.2 Å². The molecule has 0 aliphatic rings. The summed E-state index contributed by atoms with van der Waals surface area (Å²) in [6.45, 7) is 0.613. The van der Waals surface area contributed by atoms with E-state index in [-0.39, 0.29) is 5.91 Å². The van der Waals surface area contributed by atoms with E-state index in [4.69, 9.17) is 11.6 Å². The average Bonchev–Trinajstić information content (AvgIpc) is 2.46. The molecule has 1 aromatic heterocycles. The van der Waals surface area contributed by atoms with E-state index in [9.17, 15) is 4.79 Å². The van der Waals surface area contributed by atoms with E-state index in [0.29, 0.717) is 12.3 Å². The zero-order valence-corrected chi connectivity index (χ0v) is 12.5. The number of nitrogens with one attached hydrogen (secondary N) is 1. The second-order valence-corrected chi connectivity index (χ2v) is 5.62. The number of carbonyl (C=O) groups excluding carboxylic acids is 1. The highest BCUT2D eigenvalue weighted by atomic mass is 35.5. The molecule has 0 saturated heterocycles. The average molecular weight is 307 g/mol. The van der Waals surface area contributed by atoms with Crippen molar-refractivity contribution >= 4 is 29.3 Å². The highest BCUT2D eigenvalue weighted by molar-refractivity contribution is 7.99. The summed E-state index contributed by atoms with van der Waals surface area (Å²) in [5.74, 6) is 0.398. The summed E-state index contributed by atoms with van der Waals surface area (Å²) in [6.07, 6.45) is 2.50. The molecule has 0 aliphatic carbocycles. The third kappa shape index (κ3) is 5.23. The van der Waals surface area contributed by atoms with Gasteiger partial charge in [-0.2, -0.15) is 0 Å². The fourth-order valence-electron chi connectivity index (χ4n) is 1.66. The maximum atomic E-state index is 11.7. The van der Waals surface area contributed by atoms with Crippen LogP contribution in [0.2, 0.25) is 5.02 Å². The molecule has 20 heavy (non-hydrogen) atoms. The Kier molecular flexibility index (Phi) is 5.89. The van der Waals surface area contributed by atoms with Gasteiger partial charge in [-0.1, -0.05) is 41.6 Å². The van der Waals surface area contributed by atoms with Gasteiger partial charge in [-0.3, -0.25) is 4.79 Å². The Morgan fingerprint density at radius 3 is 2.90 bits per heavy atom. The minimum atomic E-state index is 0.0164. The van der Waals surface area contributed by atoms with Crippen molar-refractivity contribution in [2.75, 3.05) is 12.3 Å². The largest absolute Gasteiger partial charge is 0.355 e. The minimum absolute atomic E-state index is 0.0164. The summed E-state index contributed by atoms with van der Waals surface area (Å²) in [4.78, 5) is 15.8. The Labute approximate surface area is 127 Å². The first-order valence-corrected chi connectivity index (χ1v) is 7.65. The Bertz CT molecular complexity index is 563. The number of hydrogen-bond acceptors (Lipinski definition) is 3. The van der Waals surface area contributed by atoms with E-state index < -0.39 is 0 Å². The van der Waals surface area contributed by atoms with E-state index in [1.807, 2.05) is 42.5 Å². The molecule has 0 fully saturated rings. The number of hydrogen-bond donors (Lipinski definition) is 1. The number of nitrogens with zero attached hydrogens (tertiary/aromatic N) is 1. The molecule has 0 bridgehead atoms. The molecule has 0 aliphatic heterocycles. The van der Waals surface area contributed by atoms with Gasteiger partial charge in [0.05, 0.1) is 10.8 Å². The molecule has 104 valence electrons. The summed E-state index contributed by atoms with van der Waals surface area (Å²) in [7, 11) is 0. The predicted octanol–water partition coefficient (Wildman–Crippen LogP) is 3.19. The lowest BCUT2D eigenvalue weighted by molar-refractivity contribution is -0.118. The van der Waals surface area contributed by atoms with Crippen LogP contribution < -0.4 is 5.32 Å². The third-order valence-electron chi connectivity index (χ3n) is 2.61. The summed E-state index contributed by atoms with van der Waals surface area (Å²) in [6, 6.07) is 13.3. The lowest BCUT2D eigenvalue weighted by atomic mass is 10.1. The summed E-state index contributed by atoms with van der Waals surface area (Å²) < 4.78 is 0. The van der Waals surface area contributed by atoms with Crippen LogP contribution in [0.25, 0.3) is 0 Å². The van der Waals surface area contributed by atoms with E-state index in [1.54, 1.807) is 6.20 Å². The molecule has 2 rings (SSSR count). The van der Waals surface area contributed by atoms with Crippen LogP contribution in [0, 0.1) is 0 Å². The van der Waals surface area contributed by atoms with Crippen molar-refractivity contribution in [3.63, 3.8) is 0 Å². The van der Waals surface area contributed by atoms with Crippen LogP contribution in [0.4, 0.5) is 0 Å². The molecule has 1 amide bonds. The van der Waals surface area contributed by atoms with Crippen molar-refractivity contribution < 1.29 is 4.79 Å². The zero-order chi connectivity index (χ0) is 14.2. The Balaban J connectivity index is 1.68. The normalized spacial score (nSPS) is 10.2. The molecule has 1 heterocycles. The molecule has 0 radical (unpaired) electrons. The molecule has 2 aromatic rings.